The van der Waals surface area contributed by atoms with Crippen molar-refractivity contribution in [1.82, 2.24) is 20.1 Å². The van der Waals surface area contributed by atoms with Crippen LogP contribution in [0.5, 0.6) is 0 Å². The summed E-state index contributed by atoms with van der Waals surface area (Å²) in [6.07, 6.45) is 4.84. The highest BCUT2D eigenvalue weighted by Crippen LogP contribution is 2.16. The van der Waals surface area contributed by atoms with E-state index in [0.717, 1.165) is 24.6 Å². The van der Waals surface area contributed by atoms with Crippen molar-refractivity contribution in [3.63, 3.8) is 0 Å². The molecule has 19 heavy (non-hydrogen) atoms. The number of sulfone groups is 1. The molecule has 1 N–H and O–H groups in total. The molecule has 0 amide bonds. The van der Waals surface area contributed by atoms with Gasteiger partial charge in [0.1, 0.15) is 21.5 Å². The van der Waals surface area contributed by atoms with Crippen LogP contribution in [0.2, 0.25) is 0 Å². The fourth-order valence-corrected chi connectivity index (χ4v) is 4.32. The lowest BCUT2D eigenvalue weighted by atomic mass is 10.1. The van der Waals surface area contributed by atoms with Crippen molar-refractivity contribution in [2.24, 2.45) is 0 Å². The molecule has 6 nitrogen and oxygen atoms in total. The number of aryl methyl sites for hydroxylation is 1. The van der Waals surface area contributed by atoms with E-state index in [1.54, 1.807) is 0 Å². The van der Waals surface area contributed by atoms with Gasteiger partial charge in [0.25, 0.3) is 0 Å². The Morgan fingerprint density at radius 2 is 2.00 bits per heavy atom. The van der Waals surface area contributed by atoms with E-state index >= 15 is 0 Å². The summed E-state index contributed by atoms with van der Waals surface area (Å²) in [7, 11) is -2.78. The summed E-state index contributed by atoms with van der Waals surface area (Å²) in [5.74, 6) is 2.70. The smallest absolute Gasteiger partial charge is 0.150 e. The van der Waals surface area contributed by atoms with Gasteiger partial charge in [0, 0.05) is 19.0 Å². The molecule has 2 aliphatic heterocycles. The van der Waals surface area contributed by atoms with Crippen LogP contribution in [0.25, 0.3) is 0 Å². The minimum Gasteiger partial charge on any atom is -0.314 e. The number of nitrogens with zero attached hydrogens (tertiary/aromatic N) is 3. The van der Waals surface area contributed by atoms with E-state index in [9.17, 15) is 8.42 Å². The van der Waals surface area contributed by atoms with Crippen molar-refractivity contribution >= 4 is 9.84 Å². The number of fused-ring (bicyclic) bond motifs is 1. The molecule has 0 bridgehead atoms. The fourth-order valence-electron chi connectivity index (χ4n) is 2.83. The van der Waals surface area contributed by atoms with Crippen molar-refractivity contribution in [2.75, 3.05) is 11.5 Å². The number of aromatic nitrogens is 3. The quantitative estimate of drug-likeness (QED) is 0.863. The maximum Gasteiger partial charge on any atom is 0.150 e. The molecule has 7 heteroatoms. The van der Waals surface area contributed by atoms with Crippen LogP contribution < -0.4 is 5.32 Å². The average Bonchev–Trinajstić information content (AvgIpc) is 2.81. The molecule has 3 heterocycles. The fraction of sp³-hybridized carbons (Fsp3) is 0.833. The van der Waals surface area contributed by atoms with E-state index in [-0.39, 0.29) is 0 Å². The molecule has 106 valence electrons. The molecule has 0 unspecified atom stereocenters. The van der Waals surface area contributed by atoms with Crippen molar-refractivity contribution in [1.29, 1.82) is 0 Å². The summed E-state index contributed by atoms with van der Waals surface area (Å²) >= 11 is 0. The van der Waals surface area contributed by atoms with Crippen LogP contribution >= 0.6 is 0 Å². The predicted octanol–water partition coefficient (Wildman–Crippen LogP) is 0.281. The average molecular weight is 284 g/mol. The second kappa shape index (κ2) is 5.20. The SMILES string of the molecule is O=S1(=O)CCC(NCc2nnc3n2CCCC3)CC1. The maximum atomic E-state index is 11.4. The van der Waals surface area contributed by atoms with Crippen molar-refractivity contribution in [3.05, 3.63) is 11.6 Å². The van der Waals surface area contributed by atoms with Crippen molar-refractivity contribution in [2.45, 2.75) is 51.2 Å². The molecular formula is C12H20N4O2S. The molecule has 0 atom stereocenters. The Balaban J connectivity index is 1.57. The van der Waals surface area contributed by atoms with Crippen LogP contribution in [0, 0.1) is 0 Å². The molecule has 1 aromatic heterocycles. The minimum atomic E-state index is -2.78. The number of hydrogen-bond acceptors (Lipinski definition) is 5. The van der Waals surface area contributed by atoms with Gasteiger partial charge in [-0.1, -0.05) is 0 Å². The minimum absolute atomic E-state index is 0.292. The third-order valence-electron chi connectivity index (χ3n) is 4.04. The van der Waals surface area contributed by atoms with Crippen LogP contribution in [0.4, 0.5) is 0 Å². The van der Waals surface area contributed by atoms with Crippen molar-refractivity contribution < 1.29 is 8.42 Å². The molecular weight excluding hydrogens is 264 g/mol. The Bertz CT molecular complexity index is 538. The first-order valence-corrected chi connectivity index (χ1v) is 8.81. The zero-order valence-corrected chi connectivity index (χ0v) is 11.8. The number of hydrogen-bond donors (Lipinski definition) is 1. The molecule has 1 saturated heterocycles. The lowest BCUT2D eigenvalue weighted by Crippen LogP contribution is -2.37. The van der Waals surface area contributed by atoms with Crippen LogP contribution in [0.3, 0.4) is 0 Å². The van der Waals surface area contributed by atoms with Crippen LogP contribution in [0.15, 0.2) is 0 Å². The van der Waals surface area contributed by atoms with Gasteiger partial charge in [0.05, 0.1) is 18.1 Å². The second-order valence-electron chi connectivity index (χ2n) is 5.45. The predicted molar refractivity (Wildman–Crippen MR) is 71.5 cm³/mol. The van der Waals surface area contributed by atoms with Gasteiger partial charge in [-0.05, 0) is 25.7 Å². The van der Waals surface area contributed by atoms with Crippen LogP contribution in [-0.2, 0) is 29.3 Å². The van der Waals surface area contributed by atoms with Gasteiger partial charge in [-0.3, -0.25) is 0 Å². The summed E-state index contributed by atoms with van der Waals surface area (Å²) in [5, 5.41) is 11.9. The summed E-state index contributed by atoms with van der Waals surface area (Å²) in [5.41, 5.74) is 0. The first kappa shape index (κ1) is 13.1. The third-order valence-corrected chi connectivity index (χ3v) is 5.76. The molecule has 1 fully saturated rings. The molecule has 2 aliphatic rings. The Morgan fingerprint density at radius 1 is 1.21 bits per heavy atom. The molecule has 0 aromatic carbocycles. The maximum absolute atomic E-state index is 11.4. The van der Waals surface area contributed by atoms with Gasteiger partial charge in [0.2, 0.25) is 0 Å². The Labute approximate surface area is 113 Å². The molecule has 0 radical (unpaired) electrons. The van der Waals surface area contributed by atoms with Gasteiger partial charge in [0.15, 0.2) is 0 Å². The highest BCUT2D eigenvalue weighted by Gasteiger charge is 2.24. The van der Waals surface area contributed by atoms with E-state index in [1.165, 1.54) is 12.8 Å². The van der Waals surface area contributed by atoms with Crippen molar-refractivity contribution in [3.8, 4) is 0 Å². The third kappa shape index (κ3) is 2.97. The summed E-state index contributed by atoms with van der Waals surface area (Å²) in [6, 6.07) is 0.292. The summed E-state index contributed by atoms with van der Waals surface area (Å²) in [4.78, 5) is 0. The van der Waals surface area contributed by atoms with E-state index in [4.69, 9.17) is 0 Å². The van der Waals surface area contributed by atoms with Gasteiger partial charge < -0.3 is 9.88 Å². The highest BCUT2D eigenvalue weighted by molar-refractivity contribution is 7.91. The van der Waals surface area contributed by atoms with Crippen LogP contribution in [-0.4, -0.2) is 40.7 Å². The Hall–Kier alpha value is -0.950. The largest absolute Gasteiger partial charge is 0.314 e. The van der Waals surface area contributed by atoms with E-state index in [1.807, 2.05) is 0 Å². The molecule has 0 spiro atoms. The van der Waals surface area contributed by atoms with Crippen LogP contribution in [0.1, 0.15) is 37.3 Å². The monoisotopic (exact) mass is 284 g/mol. The lowest BCUT2D eigenvalue weighted by Gasteiger charge is -2.23. The first-order valence-electron chi connectivity index (χ1n) is 6.99. The lowest BCUT2D eigenvalue weighted by molar-refractivity contribution is 0.440. The summed E-state index contributed by atoms with van der Waals surface area (Å²) in [6.45, 7) is 1.70. The Morgan fingerprint density at radius 3 is 2.79 bits per heavy atom. The molecule has 0 saturated carbocycles. The second-order valence-corrected chi connectivity index (χ2v) is 7.75. The van der Waals surface area contributed by atoms with Gasteiger partial charge in [-0.15, -0.1) is 10.2 Å². The number of nitrogens with one attached hydrogen (secondary N) is 1. The summed E-state index contributed by atoms with van der Waals surface area (Å²) < 4.78 is 24.9. The molecule has 1 aromatic rings. The van der Waals surface area contributed by atoms with E-state index in [0.29, 0.717) is 36.9 Å². The van der Waals surface area contributed by atoms with Gasteiger partial charge in [-0.25, -0.2) is 8.42 Å². The zero-order valence-electron chi connectivity index (χ0n) is 11.0. The van der Waals surface area contributed by atoms with Gasteiger partial charge in [-0.2, -0.15) is 0 Å². The number of rotatable bonds is 3. The Kier molecular flexibility index (Phi) is 3.58. The standard InChI is InChI=1S/C12H20N4O2S/c17-19(18)7-4-10(5-8-19)13-9-12-15-14-11-3-1-2-6-16(11)12/h10,13H,1-9H2. The van der Waals surface area contributed by atoms with Gasteiger partial charge >= 0.3 is 0 Å². The highest BCUT2D eigenvalue weighted by atomic mass is 32.2. The zero-order chi connectivity index (χ0) is 13.3. The topological polar surface area (TPSA) is 76.9 Å². The van der Waals surface area contributed by atoms with E-state index in [2.05, 4.69) is 20.1 Å². The first-order chi connectivity index (χ1) is 9.14. The molecule has 3 rings (SSSR count). The normalized spacial score (nSPS) is 23.2. The molecule has 0 aliphatic carbocycles. The van der Waals surface area contributed by atoms with E-state index < -0.39 is 9.84 Å².